The van der Waals surface area contributed by atoms with Crippen molar-refractivity contribution in [3.63, 3.8) is 0 Å². The van der Waals surface area contributed by atoms with Crippen molar-refractivity contribution in [1.29, 1.82) is 0 Å². The SMILES string of the molecule is Cn1cc(Nc2cc(N3CC4(CCN(C=O)CC4)C3)nc(-c3cnn(C4CC4)c3)n2)cn1. The molecule has 0 atom stereocenters. The van der Waals surface area contributed by atoms with Gasteiger partial charge < -0.3 is 15.1 Å². The summed E-state index contributed by atoms with van der Waals surface area (Å²) in [5, 5.41) is 12.1. The van der Waals surface area contributed by atoms with Gasteiger partial charge in [0.05, 0.1) is 29.7 Å². The molecule has 1 spiro atoms. The molecule has 3 aromatic heterocycles. The van der Waals surface area contributed by atoms with E-state index < -0.39 is 0 Å². The fraction of sp³-hybridized carbons (Fsp3) is 0.500. The number of nitrogens with zero attached hydrogens (tertiary/aromatic N) is 8. The van der Waals surface area contributed by atoms with Crippen molar-refractivity contribution in [2.45, 2.75) is 31.7 Å². The Labute approximate surface area is 186 Å². The highest BCUT2D eigenvalue weighted by molar-refractivity contribution is 5.65. The van der Waals surface area contributed by atoms with Gasteiger partial charge in [-0.1, -0.05) is 0 Å². The predicted molar refractivity (Wildman–Crippen MR) is 120 cm³/mol. The minimum atomic E-state index is 0.290. The van der Waals surface area contributed by atoms with Crippen LogP contribution in [0, 0.1) is 5.41 Å². The van der Waals surface area contributed by atoms with Crippen molar-refractivity contribution in [2.24, 2.45) is 12.5 Å². The van der Waals surface area contributed by atoms with Crippen LogP contribution in [0.4, 0.5) is 17.3 Å². The van der Waals surface area contributed by atoms with E-state index in [2.05, 4.69) is 26.6 Å². The average Bonchev–Trinajstić information content (AvgIpc) is 3.37. The lowest BCUT2D eigenvalue weighted by Gasteiger charge is -2.54. The van der Waals surface area contributed by atoms with Gasteiger partial charge in [0.15, 0.2) is 5.82 Å². The Bertz CT molecular complexity index is 1130. The molecular weight excluding hydrogens is 406 g/mol. The minimum absolute atomic E-state index is 0.290. The van der Waals surface area contributed by atoms with Crippen molar-refractivity contribution < 1.29 is 4.79 Å². The molecule has 2 aliphatic heterocycles. The quantitative estimate of drug-likeness (QED) is 0.595. The number of aromatic nitrogens is 6. The molecule has 6 rings (SSSR count). The van der Waals surface area contributed by atoms with E-state index >= 15 is 0 Å². The van der Waals surface area contributed by atoms with Crippen molar-refractivity contribution in [1.82, 2.24) is 34.4 Å². The van der Waals surface area contributed by atoms with Crippen LogP contribution in [0.2, 0.25) is 0 Å². The van der Waals surface area contributed by atoms with Gasteiger partial charge in [0.2, 0.25) is 6.41 Å². The number of anilines is 3. The van der Waals surface area contributed by atoms with Crippen LogP contribution in [-0.4, -0.2) is 67.0 Å². The summed E-state index contributed by atoms with van der Waals surface area (Å²) >= 11 is 0. The molecule has 2 saturated heterocycles. The summed E-state index contributed by atoms with van der Waals surface area (Å²) in [6.07, 6.45) is 13.1. The van der Waals surface area contributed by atoms with E-state index in [-0.39, 0.29) is 0 Å². The standard InChI is InChI=1S/C22H27N9O/c1-28-12-17(10-23-28)25-19-8-20(30-13-22(14-30)4-6-29(15-32)7-5-22)27-21(26-19)16-9-24-31(11-16)18-2-3-18/h8-12,15,18H,2-7,13-14H2,1H3,(H,25,26,27). The normalized spacial score (nSPS) is 19.8. The van der Waals surface area contributed by atoms with Gasteiger partial charge in [0, 0.05) is 57.1 Å². The lowest BCUT2D eigenvalue weighted by Crippen LogP contribution is -2.60. The Morgan fingerprint density at radius 2 is 1.91 bits per heavy atom. The molecule has 0 aromatic carbocycles. The molecule has 10 nitrogen and oxygen atoms in total. The second-order valence-corrected chi connectivity index (χ2v) is 9.40. The number of hydrogen-bond donors (Lipinski definition) is 1. The molecule has 5 heterocycles. The third-order valence-corrected chi connectivity index (χ3v) is 6.85. The van der Waals surface area contributed by atoms with Crippen LogP contribution in [0.3, 0.4) is 0 Å². The number of piperidine rings is 1. The first kappa shape index (κ1) is 19.3. The van der Waals surface area contributed by atoms with Crippen LogP contribution < -0.4 is 10.2 Å². The predicted octanol–water partition coefficient (Wildman–Crippen LogP) is 2.21. The molecule has 1 amide bonds. The summed E-state index contributed by atoms with van der Waals surface area (Å²) < 4.78 is 3.79. The Morgan fingerprint density at radius 1 is 1.09 bits per heavy atom. The average molecular weight is 434 g/mol. The highest BCUT2D eigenvalue weighted by Crippen LogP contribution is 2.42. The lowest BCUT2D eigenvalue weighted by molar-refractivity contribution is -0.120. The van der Waals surface area contributed by atoms with Crippen molar-refractivity contribution in [2.75, 3.05) is 36.4 Å². The Kier molecular flexibility index (Phi) is 4.41. The Morgan fingerprint density at radius 3 is 2.59 bits per heavy atom. The smallest absolute Gasteiger partial charge is 0.209 e. The molecule has 1 N–H and O–H groups in total. The van der Waals surface area contributed by atoms with Gasteiger partial charge in [-0.3, -0.25) is 14.2 Å². The molecule has 32 heavy (non-hydrogen) atoms. The summed E-state index contributed by atoms with van der Waals surface area (Å²) in [5.41, 5.74) is 2.11. The van der Waals surface area contributed by atoms with Crippen LogP contribution >= 0.6 is 0 Å². The van der Waals surface area contributed by atoms with Crippen LogP contribution in [0.5, 0.6) is 0 Å². The molecule has 0 bridgehead atoms. The molecule has 166 valence electrons. The molecule has 0 unspecified atom stereocenters. The second kappa shape index (κ2) is 7.32. The number of carbonyl (C=O) groups excluding carboxylic acids is 1. The van der Waals surface area contributed by atoms with E-state index in [0.717, 1.165) is 68.3 Å². The maximum atomic E-state index is 11.1. The van der Waals surface area contributed by atoms with Crippen molar-refractivity contribution in [3.05, 3.63) is 30.9 Å². The van der Waals surface area contributed by atoms with Gasteiger partial charge in [0.1, 0.15) is 11.6 Å². The summed E-state index contributed by atoms with van der Waals surface area (Å²) in [7, 11) is 1.89. The molecule has 3 fully saturated rings. The van der Waals surface area contributed by atoms with E-state index in [1.165, 1.54) is 12.8 Å². The second-order valence-electron chi connectivity index (χ2n) is 9.40. The first-order valence-electron chi connectivity index (χ1n) is 11.2. The fourth-order valence-electron chi connectivity index (χ4n) is 4.76. The van der Waals surface area contributed by atoms with Gasteiger partial charge in [-0.05, 0) is 25.7 Å². The summed E-state index contributed by atoms with van der Waals surface area (Å²) in [4.78, 5) is 24.9. The number of nitrogens with one attached hydrogen (secondary N) is 1. The van der Waals surface area contributed by atoms with Crippen LogP contribution in [0.1, 0.15) is 31.7 Å². The molecule has 3 aliphatic rings. The zero-order valence-electron chi connectivity index (χ0n) is 18.2. The van der Waals surface area contributed by atoms with Crippen molar-refractivity contribution in [3.8, 4) is 11.4 Å². The molecule has 3 aromatic rings. The number of hydrogen-bond acceptors (Lipinski definition) is 7. The van der Waals surface area contributed by atoms with Gasteiger partial charge in [0.25, 0.3) is 0 Å². The number of rotatable bonds is 6. The zero-order valence-corrected chi connectivity index (χ0v) is 18.2. The summed E-state index contributed by atoms with van der Waals surface area (Å²) in [5.74, 6) is 2.34. The van der Waals surface area contributed by atoms with Gasteiger partial charge in [-0.25, -0.2) is 9.97 Å². The minimum Gasteiger partial charge on any atom is -0.355 e. The van der Waals surface area contributed by atoms with E-state index in [4.69, 9.17) is 9.97 Å². The molecule has 0 radical (unpaired) electrons. The van der Waals surface area contributed by atoms with E-state index in [1.54, 1.807) is 10.9 Å². The fourth-order valence-corrected chi connectivity index (χ4v) is 4.76. The summed E-state index contributed by atoms with van der Waals surface area (Å²) in [6.45, 7) is 3.62. The molecular formula is C22H27N9O. The van der Waals surface area contributed by atoms with E-state index in [9.17, 15) is 4.79 Å². The van der Waals surface area contributed by atoms with Crippen LogP contribution in [-0.2, 0) is 11.8 Å². The number of carbonyl (C=O) groups is 1. The van der Waals surface area contributed by atoms with Crippen LogP contribution in [0.25, 0.3) is 11.4 Å². The first-order valence-corrected chi connectivity index (χ1v) is 11.2. The van der Waals surface area contributed by atoms with Crippen molar-refractivity contribution >= 4 is 23.7 Å². The molecule has 10 heteroatoms. The maximum absolute atomic E-state index is 11.1. The van der Waals surface area contributed by atoms with Crippen LogP contribution in [0.15, 0.2) is 30.9 Å². The Balaban J connectivity index is 1.27. The third-order valence-electron chi connectivity index (χ3n) is 6.85. The zero-order chi connectivity index (χ0) is 21.7. The molecule has 1 saturated carbocycles. The van der Waals surface area contributed by atoms with E-state index in [1.807, 2.05) is 35.1 Å². The summed E-state index contributed by atoms with van der Waals surface area (Å²) in [6, 6.07) is 2.53. The van der Waals surface area contributed by atoms with E-state index in [0.29, 0.717) is 17.3 Å². The maximum Gasteiger partial charge on any atom is 0.209 e. The van der Waals surface area contributed by atoms with Gasteiger partial charge in [-0.15, -0.1) is 0 Å². The van der Waals surface area contributed by atoms with Gasteiger partial charge in [-0.2, -0.15) is 10.2 Å². The highest BCUT2D eigenvalue weighted by atomic mass is 16.1. The Hall–Kier alpha value is -3.43. The topological polar surface area (TPSA) is 97.0 Å². The third kappa shape index (κ3) is 3.59. The number of aryl methyl sites for hydroxylation is 1. The number of amides is 1. The highest BCUT2D eigenvalue weighted by Gasteiger charge is 2.45. The first-order chi connectivity index (χ1) is 15.6. The largest absolute Gasteiger partial charge is 0.355 e. The number of likely N-dealkylation sites (tertiary alicyclic amines) is 1. The van der Waals surface area contributed by atoms with Gasteiger partial charge >= 0.3 is 0 Å². The monoisotopic (exact) mass is 433 g/mol. The lowest BCUT2D eigenvalue weighted by atomic mass is 9.72. The molecule has 1 aliphatic carbocycles.